The number of thioether (sulfide) groups is 1. The highest BCUT2D eigenvalue weighted by Gasteiger charge is 2.11. The van der Waals surface area contributed by atoms with E-state index in [1.807, 2.05) is 35.9 Å². The monoisotopic (exact) mass is 418 g/mol. The van der Waals surface area contributed by atoms with Crippen molar-refractivity contribution in [2.24, 2.45) is 12.1 Å². The number of rotatable bonds is 7. The van der Waals surface area contributed by atoms with E-state index in [2.05, 4.69) is 15.5 Å². The number of ether oxygens (including phenoxy) is 2. The van der Waals surface area contributed by atoms with Crippen LogP contribution in [0.5, 0.6) is 11.5 Å². The first kappa shape index (κ1) is 20.0. The average molecular weight is 419 g/mol. The topological polar surface area (TPSA) is 77.7 Å². The maximum Gasteiger partial charge on any atom is 0.250 e. The zero-order chi connectivity index (χ0) is 20.1. The predicted octanol–water partition coefficient (Wildman–Crippen LogP) is 3.49. The molecule has 0 radical (unpaired) electrons. The molecule has 0 atom stereocenters. The molecule has 3 rings (SSSR count). The fourth-order valence-electron chi connectivity index (χ4n) is 2.61. The normalized spacial score (nSPS) is 11.1. The minimum Gasteiger partial charge on any atom is -0.493 e. The van der Waals surface area contributed by atoms with E-state index in [0.717, 1.165) is 16.2 Å². The smallest absolute Gasteiger partial charge is 0.250 e. The van der Waals surface area contributed by atoms with Crippen molar-refractivity contribution in [2.45, 2.75) is 5.16 Å². The fourth-order valence-corrected chi connectivity index (χ4v) is 3.68. The van der Waals surface area contributed by atoms with Gasteiger partial charge in [-0.1, -0.05) is 35.5 Å². The van der Waals surface area contributed by atoms with Gasteiger partial charge in [0.15, 0.2) is 16.7 Å². The van der Waals surface area contributed by atoms with Crippen molar-refractivity contribution in [3.8, 4) is 11.5 Å². The van der Waals surface area contributed by atoms with Crippen LogP contribution in [-0.4, -0.2) is 41.6 Å². The van der Waals surface area contributed by atoms with Crippen molar-refractivity contribution in [3.63, 3.8) is 0 Å². The summed E-state index contributed by atoms with van der Waals surface area (Å²) in [6.07, 6.45) is 1.49. The SMILES string of the molecule is COc1cc(/C=N\NC(=O)CSc2nc3ccccc3n2C)cc(Cl)c1OC. The van der Waals surface area contributed by atoms with E-state index < -0.39 is 0 Å². The van der Waals surface area contributed by atoms with E-state index >= 15 is 0 Å². The van der Waals surface area contributed by atoms with Crippen molar-refractivity contribution in [1.29, 1.82) is 0 Å². The Morgan fingerprint density at radius 1 is 1.32 bits per heavy atom. The molecule has 0 aliphatic carbocycles. The third-order valence-electron chi connectivity index (χ3n) is 3.94. The van der Waals surface area contributed by atoms with Crippen molar-refractivity contribution < 1.29 is 14.3 Å². The molecule has 0 spiro atoms. The minimum atomic E-state index is -0.236. The summed E-state index contributed by atoms with van der Waals surface area (Å²) in [5, 5.41) is 5.14. The van der Waals surface area contributed by atoms with Crippen LogP contribution in [0.2, 0.25) is 5.02 Å². The van der Waals surface area contributed by atoms with Gasteiger partial charge >= 0.3 is 0 Å². The fraction of sp³-hybridized carbons (Fsp3) is 0.211. The summed E-state index contributed by atoms with van der Waals surface area (Å²) in [4.78, 5) is 16.6. The quantitative estimate of drug-likeness (QED) is 0.361. The molecule has 0 saturated carbocycles. The maximum absolute atomic E-state index is 12.1. The maximum atomic E-state index is 12.1. The van der Waals surface area contributed by atoms with Gasteiger partial charge in [0.25, 0.3) is 5.91 Å². The van der Waals surface area contributed by atoms with Crippen LogP contribution in [-0.2, 0) is 11.8 Å². The first-order valence-corrected chi connectivity index (χ1v) is 9.67. The van der Waals surface area contributed by atoms with Gasteiger partial charge in [0.05, 0.1) is 42.2 Å². The Morgan fingerprint density at radius 2 is 2.11 bits per heavy atom. The number of hydrazone groups is 1. The molecular weight excluding hydrogens is 400 g/mol. The second kappa shape index (κ2) is 8.99. The van der Waals surface area contributed by atoms with Gasteiger partial charge in [-0.3, -0.25) is 4.79 Å². The van der Waals surface area contributed by atoms with Crippen LogP contribution in [0.4, 0.5) is 0 Å². The van der Waals surface area contributed by atoms with Gasteiger partial charge in [0.2, 0.25) is 0 Å². The highest BCUT2D eigenvalue weighted by Crippen LogP contribution is 2.35. The summed E-state index contributed by atoms with van der Waals surface area (Å²) in [6.45, 7) is 0. The van der Waals surface area contributed by atoms with Crippen molar-refractivity contribution in [2.75, 3.05) is 20.0 Å². The number of hydrogen-bond donors (Lipinski definition) is 1. The molecule has 0 saturated heterocycles. The zero-order valence-corrected chi connectivity index (χ0v) is 17.2. The third kappa shape index (κ3) is 4.40. The van der Waals surface area contributed by atoms with Gasteiger partial charge in [-0.2, -0.15) is 5.10 Å². The number of carbonyl (C=O) groups is 1. The second-order valence-corrected chi connectivity index (χ2v) is 7.11. The number of aryl methyl sites for hydroxylation is 1. The molecule has 1 aromatic heterocycles. The van der Waals surface area contributed by atoms with E-state index in [4.69, 9.17) is 21.1 Å². The highest BCUT2D eigenvalue weighted by molar-refractivity contribution is 7.99. The van der Waals surface area contributed by atoms with Crippen LogP contribution in [0.1, 0.15) is 5.56 Å². The summed E-state index contributed by atoms with van der Waals surface area (Å²) in [7, 11) is 4.96. The van der Waals surface area contributed by atoms with Crippen LogP contribution < -0.4 is 14.9 Å². The van der Waals surface area contributed by atoms with Crippen LogP contribution in [0, 0.1) is 0 Å². The Bertz CT molecular complexity index is 1040. The largest absolute Gasteiger partial charge is 0.493 e. The van der Waals surface area contributed by atoms with Crippen LogP contribution in [0.25, 0.3) is 11.0 Å². The van der Waals surface area contributed by atoms with Crippen molar-refractivity contribution >= 4 is 46.5 Å². The highest BCUT2D eigenvalue weighted by atomic mass is 35.5. The lowest BCUT2D eigenvalue weighted by Gasteiger charge is -2.09. The number of nitrogens with zero attached hydrogens (tertiary/aromatic N) is 3. The van der Waals surface area contributed by atoms with Gasteiger partial charge < -0.3 is 14.0 Å². The number of halogens is 1. The molecule has 0 aliphatic heterocycles. The Labute approximate surface area is 171 Å². The van der Waals surface area contributed by atoms with E-state index in [9.17, 15) is 4.79 Å². The number of hydrogen-bond acceptors (Lipinski definition) is 6. The third-order valence-corrected chi connectivity index (χ3v) is 5.25. The molecular formula is C19H19ClN4O3S. The molecule has 2 aromatic carbocycles. The average Bonchev–Trinajstić information content (AvgIpc) is 3.02. The molecule has 0 bridgehead atoms. The Balaban J connectivity index is 1.59. The number of nitrogens with one attached hydrogen (secondary N) is 1. The molecule has 0 unspecified atom stereocenters. The number of aromatic nitrogens is 2. The number of fused-ring (bicyclic) bond motifs is 1. The number of methoxy groups -OCH3 is 2. The first-order chi connectivity index (χ1) is 13.5. The van der Waals surface area contributed by atoms with Crippen LogP contribution in [0.15, 0.2) is 46.7 Å². The Hall–Kier alpha value is -2.71. The van der Waals surface area contributed by atoms with Crippen LogP contribution in [0.3, 0.4) is 0 Å². The van der Waals surface area contributed by atoms with Gasteiger partial charge in [0.1, 0.15) is 0 Å². The lowest BCUT2D eigenvalue weighted by molar-refractivity contribution is -0.118. The summed E-state index contributed by atoms with van der Waals surface area (Å²) in [5.74, 6) is 0.894. The Morgan fingerprint density at radius 3 is 2.82 bits per heavy atom. The number of para-hydroxylation sites is 2. The van der Waals surface area contributed by atoms with E-state index in [1.165, 1.54) is 32.2 Å². The van der Waals surface area contributed by atoms with Gasteiger partial charge in [-0.05, 0) is 29.8 Å². The minimum absolute atomic E-state index is 0.196. The number of carbonyl (C=O) groups excluding carboxylic acids is 1. The molecule has 0 aliphatic rings. The molecule has 0 fully saturated rings. The summed E-state index contributed by atoms with van der Waals surface area (Å²) >= 11 is 7.50. The number of benzene rings is 2. The van der Waals surface area contributed by atoms with Crippen LogP contribution >= 0.6 is 23.4 Å². The molecule has 9 heteroatoms. The molecule has 28 heavy (non-hydrogen) atoms. The second-order valence-electron chi connectivity index (χ2n) is 5.76. The summed E-state index contributed by atoms with van der Waals surface area (Å²) < 4.78 is 12.4. The molecule has 1 heterocycles. The van der Waals surface area contributed by atoms with Gasteiger partial charge in [0, 0.05) is 7.05 Å². The molecule has 146 valence electrons. The lowest BCUT2D eigenvalue weighted by Crippen LogP contribution is -2.19. The summed E-state index contributed by atoms with van der Waals surface area (Å²) in [5.41, 5.74) is 5.09. The van der Waals surface area contributed by atoms with Crippen molar-refractivity contribution in [3.05, 3.63) is 47.0 Å². The van der Waals surface area contributed by atoms with Gasteiger partial charge in [-0.25, -0.2) is 10.4 Å². The van der Waals surface area contributed by atoms with E-state index in [0.29, 0.717) is 22.1 Å². The molecule has 3 aromatic rings. The van der Waals surface area contributed by atoms with E-state index in [1.54, 1.807) is 12.1 Å². The zero-order valence-electron chi connectivity index (χ0n) is 15.6. The Kier molecular flexibility index (Phi) is 6.43. The van der Waals surface area contributed by atoms with Gasteiger partial charge in [-0.15, -0.1) is 0 Å². The molecule has 1 amide bonds. The molecule has 7 nitrogen and oxygen atoms in total. The van der Waals surface area contributed by atoms with E-state index in [-0.39, 0.29) is 11.7 Å². The summed E-state index contributed by atoms with van der Waals surface area (Å²) in [6, 6.07) is 11.2. The molecule has 1 N–H and O–H groups in total. The number of amides is 1. The predicted molar refractivity (Wildman–Crippen MR) is 112 cm³/mol. The lowest BCUT2D eigenvalue weighted by atomic mass is 10.2. The standard InChI is InChI=1S/C19H19ClN4O3S/c1-24-15-7-5-4-6-14(15)22-19(24)28-11-17(25)23-21-10-12-8-13(20)18(27-3)16(9-12)26-2/h4-10H,11H2,1-3H3,(H,23,25)/b21-10-. The van der Waals surface area contributed by atoms with Crippen molar-refractivity contribution in [1.82, 2.24) is 15.0 Å². The number of imidazole rings is 1. The first-order valence-electron chi connectivity index (χ1n) is 8.31.